The number of thiocarbonyl (C=S) groups is 1. The van der Waals surface area contributed by atoms with Gasteiger partial charge in [-0.25, -0.2) is 0 Å². The lowest BCUT2D eigenvalue weighted by atomic mass is 10.0. The summed E-state index contributed by atoms with van der Waals surface area (Å²) in [5.74, 6) is 0.0666. The molecule has 5 heteroatoms. The summed E-state index contributed by atoms with van der Waals surface area (Å²) in [7, 11) is 0. The number of rotatable bonds is 5. The summed E-state index contributed by atoms with van der Waals surface area (Å²) < 4.78 is 5.29. The predicted molar refractivity (Wildman–Crippen MR) is 67.2 cm³/mol. The van der Waals surface area contributed by atoms with Gasteiger partial charge in [-0.1, -0.05) is 19.1 Å². The number of carbonyl (C=O) groups excluding carboxylic acids is 1. The van der Waals surface area contributed by atoms with Gasteiger partial charge < -0.3 is 15.8 Å². The molecule has 0 saturated carbocycles. The van der Waals surface area contributed by atoms with Crippen LogP contribution in [0.1, 0.15) is 32.6 Å². The largest absolute Gasteiger partial charge is 0.393 e. The molecule has 1 saturated heterocycles. The second-order valence-corrected chi connectivity index (χ2v) is 4.72. The van der Waals surface area contributed by atoms with Gasteiger partial charge in [-0.05, 0) is 19.3 Å². The van der Waals surface area contributed by atoms with Crippen molar-refractivity contribution in [1.82, 2.24) is 5.32 Å². The van der Waals surface area contributed by atoms with Gasteiger partial charge in [-0.3, -0.25) is 4.79 Å². The molecule has 0 aliphatic carbocycles. The molecule has 1 aliphatic heterocycles. The number of nitrogens with one attached hydrogen (secondary N) is 1. The van der Waals surface area contributed by atoms with E-state index in [0.29, 0.717) is 18.0 Å². The molecule has 0 bridgehead atoms. The first-order valence-electron chi connectivity index (χ1n) is 5.80. The Morgan fingerprint density at radius 1 is 1.69 bits per heavy atom. The summed E-state index contributed by atoms with van der Waals surface area (Å²) in [6.45, 7) is 3.32. The molecular formula is C11H20N2O2S. The van der Waals surface area contributed by atoms with Crippen molar-refractivity contribution in [2.45, 2.75) is 38.6 Å². The zero-order valence-electron chi connectivity index (χ0n) is 9.70. The Morgan fingerprint density at radius 3 is 2.94 bits per heavy atom. The quantitative estimate of drug-likeness (QED) is 0.708. The first-order valence-corrected chi connectivity index (χ1v) is 6.20. The van der Waals surface area contributed by atoms with Gasteiger partial charge in [0.25, 0.3) is 0 Å². The first kappa shape index (κ1) is 13.4. The number of nitrogens with two attached hydrogens (primary N) is 1. The Kier molecular flexibility index (Phi) is 5.69. The highest BCUT2D eigenvalue weighted by Crippen LogP contribution is 2.14. The average molecular weight is 244 g/mol. The van der Waals surface area contributed by atoms with E-state index in [1.54, 1.807) is 0 Å². The topological polar surface area (TPSA) is 64.3 Å². The fourth-order valence-electron chi connectivity index (χ4n) is 1.81. The summed E-state index contributed by atoms with van der Waals surface area (Å²) in [4.78, 5) is 12.3. The zero-order valence-corrected chi connectivity index (χ0v) is 10.5. The molecular weight excluding hydrogens is 224 g/mol. The predicted octanol–water partition coefficient (Wildman–Crippen LogP) is 0.984. The third-order valence-electron chi connectivity index (χ3n) is 2.82. The van der Waals surface area contributed by atoms with Crippen molar-refractivity contribution < 1.29 is 9.53 Å². The molecule has 2 unspecified atom stereocenters. The SMILES string of the molecule is CCC(CC(N)=S)NC(=O)C1CCCOC1. The molecule has 0 aromatic heterocycles. The van der Waals surface area contributed by atoms with Crippen LogP contribution in [0, 0.1) is 5.92 Å². The van der Waals surface area contributed by atoms with Crippen LogP contribution in [-0.2, 0) is 9.53 Å². The summed E-state index contributed by atoms with van der Waals surface area (Å²) in [6, 6.07) is 0.0620. The highest BCUT2D eigenvalue weighted by molar-refractivity contribution is 7.80. The van der Waals surface area contributed by atoms with Gasteiger partial charge in [0.15, 0.2) is 0 Å². The van der Waals surface area contributed by atoms with Crippen molar-refractivity contribution in [2.24, 2.45) is 11.7 Å². The Hall–Kier alpha value is -0.680. The van der Waals surface area contributed by atoms with Crippen molar-refractivity contribution in [1.29, 1.82) is 0 Å². The number of hydrogen-bond acceptors (Lipinski definition) is 3. The fraction of sp³-hybridized carbons (Fsp3) is 0.818. The van der Waals surface area contributed by atoms with Crippen molar-refractivity contribution in [3.63, 3.8) is 0 Å². The maximum atomic E-state index is 11.9. The Labute approximate surface area is 102 Å². The molecule has 1 amide bonds. The molecule has 0 aromatic rings. The third-order valence-corrected chi connectivity index (χ3v) is 2.98. The molecule has 1 heterocycles. The van der Waals surface area contributed by atoms with Crippen LogP contribution in [-0.4, -0.2) is 30.2 Å². The van der Waals surface area contributed by atoms with Gasteiger partial charge in [0.1, 0.15) is 0 Å². The van der Waals surface area contributed by atoms with E-state index >= 15 is 0 Å². The standard InChI is InChI=1S/C11H20N2O2S/c1-2-9(6-10(12)16)13-11(14)8-4-3-5-15-7-8/h8-9H,2-7H2,1H3,(H2,12,16)(H,13,14). The average Bonchev–Trinajstić information content (AvgIpc) is 2.28. The Balaban J connectivity index is 2.38. The molecule has 1 fully saturated rings. The van der Waals surface area contributed by atoms with Gasteiger partial charge in [0, 0.05) is 19.1 Å². The highest BCUT2D eigenvalue weighted by Gasteiger charge is 2.23. The van der Waals surface area contributed by atoms with Crippen molar-refractivity contribution in [3.05, 3.63) is 0 Å². The highest BCUT2D eigenvalue weighted by atomic mass is 32.1. The second kappa shape index (κ2) is 6.81. The van der Waals surface area contributed by atoms with Crippen LogP contribution in [0.2, 0.25) is 0 Å². The number of ether oxygens (including phenoxy) is 1. The van der Waals surface area contributed by atoms with Crippen LogP contribution in [0.4, 0.5) is 0 Å². The van der Waals surface area contributed by atoms with E-state index in [2.05, 4.69) is 5.32 Å². The molecule has 4 nitrogen and oxygen atoms in total. The lowest BCUT2D eigenvalue weighted by molar-refractivity contribution is -0.129. The van der Waals surface area contributed by atoms with E-state index in [-0.39, 0.29) is 17.9 Å². The van der Waals surface area contributed by atoms with Crippen molar-refractivity contribution in [2.75, 3.05) is 13.2 Å². The molecule has 0 spiro atoms. The second-order valence-electron chi connectivity index (χ2n) is 4.20. The lowest BCUT2D eigenvalue weighted by Crippen LogP contribution is -2.42. The number of hydrogen-bond donors (Lipinski definition) is 2. The van der Waals surface area contributed by atoms with Crippen LogP contribution < -0.4 is 11.1 Å². The fourth-order valence-corrected chi connectivity index (χ4v) is 2.01. The summed E-state index contributed by atoms with van der Waals surface area (Å²) in [6.07, 6.45) is 3.29. The number of amides is 1. The summed E-state index contributed by atoms with van der Waals surface area (Å²) >= 11 is 4.85. The van der Waals surface area contributed by atoms with Crippen LogP contribution in [0.3, 0.4) is 0 Å². The molecule has 92 valence electrons. The molecule has 1 aliphatic rings. The first-order chi connectivity index (χ1) is 7.63. The summed E-state index contributed by atoms with van der Waals surface area (Å²) in [5, 5.41) is 2.98. The van der Waals surface area contributed by atoms with Crippen LogP contribution in [0.25, 0.3) is 0 Å². The molecule has 1 rings (SSSR count). The molecule has 16 heavy (non-hydrogen) atoms. The van der Waals surface area contributed by atoms with E-state index in [1.807, 2.05) is 6.92 Å². The van der Waals surface area contributed by atoms with Gasteiger partial charge in [0.2, 0.25) is 5.91 Å². The maximum Gasteiger partial charge on any atom is 0.225 e. The van der Waals surface area contributed by atoms with E-state index in [4.69, 9.17) is 22.7 Å². The maximum absolute atomic E-state index is 11.9. The third kappa shape index (κ3) is 4.45. The van der Waals surface area contributed by atoms with E-state index < -0.39 is 0 Å². The van der Waals surface area contributed by atoms with Crippen molar-refractivity contribution in [3.8, 4) is 0 Å². The van der Waals surface area contributed by atoms with Gasteiger partial charge in [0.05, 0.1) is 17.5 Å². The Bertz CT molecular complexity index is 252. The smallest absolute Gasteiger partial charge is 0.225 e. The zero-order chi connectivity index (χ0) is 12.0. The summed E-state index contributed by atoms with van der Waals surface area (Å²) in [5.41, 5.74) is 5.48. The minimum atomic E-state index is -0.00542. The van der Waals surface area contributed by atoms with E-state index in [9.17, 15) is 4.79 Å². The molecule has 0 aromatic carbocycles. The van der Waals surface area contributed by atoms with E-state index in [0.717, 1.165) is 25.9 Å². The number of carbonyl (C=O) groups is 1. The lowest BCUT2D eigenvalue weighted by Gasteiger charge is -2.24. The van der Waals surface area contributed by atoms with Crippen LogP contribution in [0.5, 0.6) is 0 Å². The Morgan fingerprint density at radius 2 is 2.44 bits per heavy atom. The minimum Gasteiger partial charge on any atom is -0.393 e. The molecule has 0 radical (unpaired) electrons. The van der Waals surface area contributed by atoms with Gasteiger partial charge in [-0.2, -0.15) is 0 Å². The van der Waals surface area contributed by atoms with Crippen LogP contribution >= 0.6 is 12.2 Å². The monoisotopic (exact) mass is 244 g/mol. The van der Waals surface area contributed by atoms with Gasteiger partial charge in [-0.15, -0.1) is 0 Å². The van der Waals surface area contributed by atoms with E-state index in [1.165, 1.54) is 0 Å². The normalized spacial score (nSPS) is 22.4. The molecule has 3 N–H and O–H groups in total. The molecule has 2 atom stereocenters. The van der Waals surface area contributed by atoms with Crippen molar-refractivity contribution >= 4 is 23.1 Å². The van der Waals surface area contributed by atoms with Crippen LogP contribution in [0.15, 0.2) is 0 Å². The van der Waals surface area contributed by atoms with Gasteiger partial charge >= 0.3 is 0 Å². The minimum absolute atomic E-state index is 0.00542.